The smallest absolute Gasteiger partial charge is 0.309 e. The maximum absolute atomic E-state index is 11.8. The van der Waals surface area contributed by atoms with Crippen molar-refractivity contribution in [1.29, 1.82) is 0 Å². The summed E-state index contributed by atoms with van der Waals surface area (Å²) in [6, 6.07) is 0. The third-order valence-electron chi connectivity index (χ3n) is 4.06. The summed E-state index contributed by atoms with van der Waals surface area (Å²) in [6.45, 7) is 7.76. The number of ether oxygens (including phenoxy) is 1. The van der Waals surface area contributed by atoms with Gasteiger partial charge in [-0.25, -0.2) is 0 Å². The minimum absolute atomic E-state index is 0.0821. The van der Waals surface area contributed by atoms with Crippen LogP contribution in [-0.4, -0.2) is 17.9 Å². The molecule has 1 fully saturated rings. The van der Waals surface area contributed by atoms with Gasteiger partial charge in [0.05, 0.1) is 5.92 Å². The Balaban J connectivity index is 2.23. The number of ketones is 1. The van der Waals surface area contributed by atoms with Crippen LogP contribution < -0.4 is 0 Å². The average Bonchev–Trinajstić information content (AvgIpc) is 2.58. The van der Waals surface area contributed by atoms with Crippen LogP contribution >= 0.6 is 0 Å². The highest BCUT2D eigenvalue weighted by atomic mass is 16.6. The van der Waals surface area contributed by atoms with Gasteiger partial charge in [-0.2, -0.15) is 0 Å². The molecule has 18 heavy (non-hydrogen) atoms. The SMILES string of the molecule is C=C1CCC2[C@H](C)C(=O)O[C@@H]2/C=C(\C)CCC1=O. The summed E-state index contributed by atoms with van der Waals surface area (Å²) in [5.74, 6) is 0.126. The molecule has 0 aromatic rings. The Morgan fingerprint density at radius 2 is 2.00 bits per heavy atom. The molecule has 1 aliphatic heterocycles. The van der Waals surface area contributed by atoms with Gasteiger partial charge in [0.1, 0.15) is 6.10 Å². The van der Waals surface area contributed by atoms with Crippen LogP contribution in [0.25, 0.3) is 0 Å². The van der Waals surface area contributed by atoms with Gasteiger partial charge in [-0.3, -0.25) is 9.59 Å². The van der Waals surface area contributed by atoms with E-state index in [-0.39, 0.29) is 29.7 Å². The second kappa shape index (κ2) is 5.09. The summed E-state index contributed by atoms with van der Waals surface area (Å²) >= 11 is 0. The average molecular weight is 248 g/mol. The third kappa shape index (κ3) is 2.55. The van der Waals surface area contributed by atoms with Gasteiger partial charge in [0.25, 0.3) is 0 Å². The highest BCUT2D eigenvalue weighted by Gasteiger charge is 2.40. The second-order valence-electron chi connectivity index (χ2n) is 5.43. The van der Waals surface area contributed by atoms with Gasteiger partial charge < -0.3 is 4.74 Å². The monoisotopic (exact) mass is 248 g/mol. The highest BCUT2D eigenvalue weighted by molar-refractivity contribution is 5.94. The molecule has 1 saturated heterocycles. The van der Waals surface area contributed by atoms with Crippen LogP contribution in [-0.2, 0) is 14.3 Å². The van der Waals surface area contributed by atoms with Gasteiger partial charge in [0, 0.05) is 12.3 Å². The number of carbonyl (C=O) groups excluding carboxylic acids is 2. The summed E-state index contributed by atoms with van der Waals surface area (Å²) in [6.07, 6.45) is 4.62. The maximum atomic E-state index is 11.8. The number of Topliss-reactive ketones (excluding diaryl/α,β-unsaturated/α-hetero) is 1. The topological polar surface area (TPSA) is 43.4 Å². The zero-order valence-electron chi connectivity index (χ0n) is 11.1. The number of allylic oxidation sites excluding steroid dienone is 2. The molecule has 1 unspecified atom stereocenters. The molecule has 2 rings (SSSR count). The van der Waals surface area contributed by atoms with E-state index >= 15 is 0 Å². The van der Waals surface area contributed by atoms with Crippen molar-refractivity contribution in [3.05, 3.63) is 23.8 Å². The first kappa shape index (κ1) is 13.1. The molecule has 0 saturated carbocycles. The fourth-order valence-electron chi connectivity index (χ4n) is 2.69. The second-order valence-corrected chi connectivity index (χ2v) is 5.43. The molecule has 2 aliphatic rings. The van der Waals surface area contributed by atoms with Gasteiger partial charge in [-0.15, -0.1) is 0 Å². The van der Waals surface area contributed by atoms with Crippen LogP contribution in [0.3, 0.4) is 0 Å². The Morgan fingerprint density at radius 3 is 2.72 bits per heavy atom. The Labute approximate surface area is 108 Å². The van der Waals surface area contributed by atoms with E-state index < -0.39 is 0 Å². The first-order valence-corrected chi connectivity index (χ1v) is 6.58. The molecule has 1 aliphatic carbocycles. The van der Waals surface area contributed by atoms with Crippen molar-refractivity contribution in [2.45, 2.75) is 45.6 Å². The van der Waals surface area contributed by atoms with Crippen molar-refractivity contribution in [3.8, 4) is 0 Å². The van der Waals surface area contributed by atoms with Crippen molar-refractivity contribution in [1.82, 2.24) is 0 Å². The predicted octanol–water partition coefficient (Wildman–Crippen LogP) is 2.81. The molecule has 1 heterocycles. The van der Waals surface area contributed by atoms with Crippen LogP contribution in [0.5, 0.6) is 0 Å². The zero-order chi connectivity index (χ0) is 13.3. The zero-order valence-corrected chi connectivity index (χ0v) is 11.1. The van der Waals surface area contributed by atoms with Crippen molar-refractivity contribution in [2.24, 2.45) is 11.8 Å². The lowest BCUT2D eigenvalue weighted by Gasteiger charge is -2.19. The van der Waals surface area contributed by atoms with E-state index in [9.17, 15) is 9.59 Å². The Bertz CT molecular complexity index is 419. The van der Waals surface area contributed by atoms with E-state index in [0.29, 0.717) is 18.4 Å². The summed E-state index contributed by atoms with van der Waals surface area (Å²) in [5, 5.41) is 0. The molecule has 0 spiro atoms. The molecule has 0 N–H and O–H groups in total. The van der Waals surface area contributed by atoms with E-state index in [1.54, 1.807) is 0 Å². The lowest BCUT2D eigenvalue weighted by molar-refractivity contribution is -0.142. The summed E-state index contributed by atoms with van der Waals surface area (Å²) in [7, 11) is 0. The standard InChI is InChI=1S/C15H20O3/c1-9-4-7-13(16)10(2)5-6-12-11(3)15(17)18-14(12)8-9/h8,11-12,14H,2,4-7H2,1,3H3/b9-8+/t11-,12?,14+/m0/s1. The molecule has 98 valence electrons. The predicted molar refractivity (Wildman–Crippen MR) is 68.9 cm³/mol. The Morgan fingerprint density at radius 1 is 1.28 bits per heavy atom. The molecule has 0 aromatic heterocycles. The van der Waals surface area contributed by atoms with Crippen molar-refractivity contribution in [3.63, 3.8) is 0 Å². The maximum Gasteiger partial charge on any atom is 0.309 e. The molecule has 3 heteroatoms. The summed E-state index contributed by atoms with van der Waals surface area (Å²) in [4.78, 5) is 23.4. The van der Waals surface area contributed by atoms with Crippen LogP contribution in [0.4, 0.5) is 0 Å². The molecule has 0 amide bonds. The quantitative estimate of drug-likeness (QED) is 0.376. The van der Waals surface area contributed by atoms with Gasteiger partial charge in [-0.1, -0.05) is 19.1 Å². The number of hydrogen-bond donors (Lipinski definition) is 0. The Hall–Kier alpha value is -1.38. The van der Waals surface area contributed by atoms with E-state index in [2.05, 4.69) is 6.58 Å². The molecular formula is C15H20O3. The van der Waals surface area contributed by atoms with Gasteiger partial charge >= 0.3 is 5.97 Å². The lowest BCUT2D eigenvalue weighted by Crippen LogP contribution is -2.20. The summed E-state index contributed by atoms with van der Waals surface area (Å²) in [5.41, 5.74) is 1.81. The largest absolute Gasteiger partial charge is 0.458 e. The number of fused-ring (bicyclic) bond motifs is 1. The lowest BCUT2D eigenvalue weighted by atomic mass is 9.84. The number of rotatable bonds is 0. The fraction of sp³-hybridized carbons (Fsp3) is 0.600. The van der Waals surface area contributed by atoms with E-state index in [1.165, 1.54) is 0 Å². The molecule has 3 atom stereocenters. The van der Waals surface area contributed by atoms with E-state index in [4.69, 9.17) is 4.74 Å². The third-order valence-corrected chi connectivity index (χ3v) is 4.06. The van der Waals surface area contributed by atoms with Crippen LogP contribution in [0, 0.1) is 11.8 Å². The van der Waals surface area contributed by atoms with E-state index in [0.717, 1.165) is 18.4 Å². The minimum atomic E-state index is -0.120. The van der Waals surface area contributed by atoms with Crippen LogP contribution in [0.2, 0.25) is 0 Å². The normalized spacial score (nSPS) is 36.7. The van der Waals surface area contributed by atoms with Crippen molar-refractivity contribution in [2.75, 3.05) is 0 Å². The van der Waals surface area contributed by atoms with Crippen molar-refractivity contribution < 1.29 is 14.3 Å². The highest BCUT2D eigenvalue weighted by Crippen LogP contribution is 2.35. The molecule has 0 bridgehead atoms. The van der Waals surface area contributed by atoms with Gasteiger partial charge in [-0.05, 0) is 37.8 Å². The summed E-state index contributed by atoms with van der Waals surface area (Å²) < 4.78 is 5.41. The first-order chi connectivity index (χ1) is 8.49. The number of hydrogen-bond acceptors (Lipinski definition) is 3. The molecule has 0 aromatic carbocycles. The first-order valence-electron chi connectivity index (χ1n) is 6.58. The van der Waals surface area contributed by atoms with Crippen molar-refractivity contribution >= 4 is 11.8 Å². The van der Waals surface area contributed by atoms with E-state index in [1.807, 2.05) is 19.9 Å². The minimum Gasteiger partial charge on any atom is -0.458 e. The van der Waals surface area contributed by atoms with Crippen LogP contribution in [0.15, 0.2) is 23.8 Å². The fourth-order valence-corrected chi connectivity index (χ4v) is 2.69. The van der Waals surface area contributed by atoms with Crippen LogP contribution in [0.1, 0.15) is 39.5 Å². The van der Waals surface area contributed by atoms with Gasteiger partial charge in [0.2, 0.25) is 0 Å². The molecular weight excluding hydrogens is 228 g/mol. The molecule has 3 nitrogen and oxygen atoms in total. The number of carbonyl (C=O) groups is 2. The number of esters is 1. The molecule has 0 radical (unpaired) electrons. The Kier molecular flexibility index (Phi) is 3.69. The van der Waals surface area contributed by atoms with Gasteiger partial charge in [0.15, 0.2) is 5.78 Å².